The van der Waals surface area contributed by atoms with E-state index in [0.29, 0.717) is 6.42 Å². The molecule has 0 bridgehead atoms. The normalized spacial score (nSPS) is 19.8. The quantitative estimate of drug-likeness (QED) is 0.613. The van der Waals surface area contributed by atoms with Crippen molar-refractivity contribution >= 4 is 22.7 Å². The Balaban J connectivity index is 1.58. The summed E-state index contributed by atoms with van der Waals surface area (Å²) >= 11 is 0. The summed E-state index contributed by atoms with van der Waals surface area (Å²) in [7, 11) is 0. The van der Waals surface area contributed by atoms with Crippen molar-refractivity contribution in [1.82, 2.24) is 20.2 Å². The molecule has 0 radical (unpaired) electrons. The van der Waals surface area contributed by atoms with Crippen LogP contribution in [0.4, 0.5) is 4.39 Å². The number of rotatable bonds is 7. The van der Waals surface area contributed by atoms with Gasteiger partial charge in [-0.2, -0.15) is 0 Å². The molecule has 3 aromatic rings. The van der Waals surface area contributed by atoms with Crippen molar-refractivity contribution in [3.8, 4) is 0 Å². The van der Waals surface area contributed by atoms with Gasteiger partial charge in [-0.05, 0) is 42.3 Å². The van der Waals surface area contributed by atoms with Crippen molar-refractivity contribution in [3.63, 3.8) is 0 Å². The van der Waals surface area contributed by atoms with Gasteiger partial charge < -0.3 is 15.2 Å². The lowest BCUT2D eigenvalue weighted by atomic mass is 9.90. The Kier molecular flexibility index (Phi) is 6.02. The predicted octanol–water partition coefficient (Wildman–Crippen LogP) is 3.30. The maximum Gasteiger partial charge on any atom is 0.243 e. The fourth-order valence-corrected chi connectivity index (χ4v) is 4.22. The number of nitrogens with zero attached hydrogens (tertiary/aromatic N) is 2. The average Bonchev–Trinajstić information content (AvgIpc) is 3.12. The highest BCUT2D eigenvalue weighted by atomic mass is 19.1. The molecule has 1 aliphatic heterocycles. The summed E-state index contributed by atoms with van der Waals surface area (Å²) in [5, 5.41) is 6.51. The van der Waals surface area contributed by atoms with Gasteiger partial charge >= 0.3 is 0 Å². The number of halogens is 1. The SMILES string of the molecule is CCCCn1cc([C@@H](C)[C@H]2NC(=O)[C@H](Cc3ccccn3)NC2=O)c2cc(F)ccc21. The zero-order valence-electron chi connectivity index (χ0n) is 17.8. The second kappa shape index (κ2) is 8.88. The van der Waals surface area contributed by atoms with E-state index in [4.69, 9.17) is 0 Å². The summed E-state index contributed by atoms with van der Waals surface area (Å²) in [6, 6.07) is 8.85. The Bertz CT molecular complexity index is 1100. The van der Waals surface area contributed by atoms with Gasteiger partial charge in [0.05, 0.1) is 0 Å². The zero-order valence-corrected chi connectivity index (χ0v) is 17.8. The Morgan fingerprint density at radius 1 is 1.16 bits per heavy atom. The number of aryl methyl sites for hydroxylation is 1. The Morgan fingerprint density at radius 3 is 2.74 bits per heavy atom. The van der Waals surface area contributed by atoms with E-state index >= 15 is 0 Å². The number of hydrogen-bond donors (Lipinski definition) is 2. The molecule has 2 amide bonds. The Labute approximate surface area is 180 Å². The molecular weight excluding hydrogens is 395 g/mol. The molecule has 1 saturated heterocycles. The molecule has 1 aliphatic rings. The van der Waals surface area contributed by atoms with Crippen LogP contribution in [0.1, 0.15) is 43.9 Å². The minimum absolute atomic E-state index is 0.233. The van der Waals surface area contributed by atoms with E-state index in [2.05, 4.69) is 27.1 Å². The lowest BCUT2D eigenvalue weighted by molar-refractivity contribution is -0.137. The van der Waals surface area contributed by atoms with Crippen LogP contribution in [0.2, 0.25) is 0 Å². The molecule has 7 heteroatoms. The molecule has 3 heterocycles. The van der Waals surface area contributed by atoms with E-state index in [0.717, 1.165) is 41.5 Å². The minimum atomic E-state index is -0.721. The van der Waals surface area contributed by atoms with Gasteiger partial charge in [-0.3, -0.25) is 14.6 Å². The highest BCUT2D eigenvalue weighted by Crippen LogP contribution is 2.31. The average molecular weight is 423 g/mol. The molecule has 4 rings (SSSR count). The first kappa shape index (κ1) is 21.0. The zero-order chi connectivity index (χ0) is 22.0. The predicted molar refractivity (Wildman–Crippen MR) is 117 cm³/mol. The van der Waals surface area contributed by atoms with Crippen LogP contribution in [-0.4, -0.2) is 33.4 Å². The number of fused-ring (bicyclic) bond motifs is 1. The van der Waals surface area contributed by atoms with Gasteiger partial charge in [0.25, 0.3) is 0 Å². The molecule has 0 spiro atoms. The van der Waals surface area contributed by atoms with Crippen LogP contribution in [0, 0.1) is 5.82 Å². The number of carbonyl (C=O) groups is 2. The van der Waals surface area contributed by atoms with Crippen LogP contribution in [-0.2, 0) is 22.6 Å². The topological polar surface area (TPSA) is 76.0 Å². The number of aromatic nitrogens is 2. The second-order valence-corrected chi connectivity index (χ2v) is 8.15. The van der Waals surface area contributed by atoms with Gasteiger partial charge in [0.15, 0.2) is 0 Å². The number of nitrogens with one attached hydrogen (secondary N) is 2. The van der Waals surface area contributed by atoms with Crippen molar-refractivity contribution in [2.45, 2.75) is 57.7 Å². The second-order valence-electron chi connectivity index (χ2n) is 8.15. The van der Waals surface area contributed by atoms with Crippen molar-refractivity contribution in [2.24, 2.45) is 0 Å². The third kappa shape index (κ3) is 4.31. The number of benzene rings is 1. The number of unbranched alkanes of at least 4 members (excludes halogenated alkanes) is 1. The molecule has 0 aliphatic carbocycles. The first-order valence-corrected chi connectivity index (χ1v) is 10.8. The standard InChI is InChI=1S/C24H27FN4O2/c1-3-4-11-29-14-19(18-12-16(25)8-9-21(18)29)15(2)22-24(31)27-20(23(30)28-22)13-17-7-5-6-10-26-17/h5-10,12,14-15,20,22H,3-4,11,13H2,1-2H3,(H,27,31)(H,28,30)/t15-,20+,22-/m1/s1. The first-order valence-electron chi connectivity index (χ1n) is 10.8. The number of amides is 2. The van der Waals surface area contributed by atoms with E-state index in [1.54, 1.807) is 18.3 Å². The molecule has 0 unspecified atom stereocenters. The third-order valence-corrected chi connectivity index (χ3v) is 5.97. The van der Waals surface area contributed by atoms with Gasteiger partial charge in [-0.15, -0.1) is 0 Å². The fraction of sp³-hybridized carbons (Fsp3) is 0.375. The monoisotopic (exact) mass is 422 g/mol. The summed E-state index contributed by atoms with van der Waals surface area (Å²) in [4.78, 5) is 29.9. The van der Waals surface area contributed by atoms with Crippen LogP contribution in [0.3, 0.4) is 0 Å². The number of pyridine rings is 1. The Hall–Kier alpha value is -3.22. The minimum Gasteiger partial charge on any atom is -0.347 e. The largest absolute Gasteiger partial charge is 0.347 e. The molecule has 3 atom stereocenters. The van der Waals surface area contributed by atoms with Crippen LogP contribution in [0.15, 0.2) is 48.8 Å². The first-order chi connectivity index (χ1) is 15.0. The summed E-state index contributed by atoms with van der Waals surface area (Å²) < 4.78 is 16.1. The molecule has 1 aromatic carbocycles. The van der Waals surface area contributed by atoms with Crippen LogP contribution in [0.5, 0.6) is 0 Å². The summed E-state index contributed by atoms with van der Waals surface area (Å²) in [5.41, 5.74) is 2.53. The van der Waals surface area contributed by atoms with Crippen molar-refractivity contribution in [2.75, 3.05) is 0 Å². The van der Waals surface area contributed by atoms with Gasteiger partial charge in [0.2, 0.25) is 11.8 Å². The van der Waals surface area contributed by atoms with E-state index in [1.807, 2.05) is 25.3 Å². The maximum absolute atomic E-state index is 14.0. The van der Waals surface area contributed by atoms with Gasteiger partial charge in [0, 0.05) is 47.9 Å². The molecule has 0 saturated carbocycles. The van der Waals surface area contributed by atoms with Gasteiger partial charge in [-0.1, -0.05) is 26.3 Å². The Morgan fingerprint density at radius 2 is 2.00 bits per heavy atom. The molecular formula is C24H27FN4O2. The molecule has 2 N–H and O–H groups in total. The lowest BCUT2D eigenvalue weighted by Gasteiger charge is -2.32. The summed E-state index contributed by atoms with van der Waals surface area (Å²) in [6.45, 7) is 4.84. The van der Waals surface area contributed by atoms with Gasteiger partial charge in [0.1, 0.15) is 17.9 Å². The van der Waals surface area contributed by atoms with E-state index in [-0.39, 0.29) is 23.5 Å². The fourth-order valence-electron chi connectivity index (χ4n) is 4.22. The van der Waals surface area contributed by atoms with E-state index in [9.17, 15) is 14.0 Å². The maximum atomic E-state index is 14.0. The van der Waals surface area contributed by atoms with Crippen molar-refractivity contribution in [3.05, 3.63) is 65.9 Å². The van der Waals surface area contributed by atoms with Crippen molar-refractivity contribution < 1.29 is 14.0 Å². The van der Waals surface area contributed by atoms with Crippen LogP contribution >= 0.6 is 0 Å². The molecule has 2 aromatic heterocycles. The lowest BCUT2D eigenvalue weighted by Crippen LogP contribution is -2.63. The van der Waals surface area contributed by atoms with Gasteiger partial charge in [-0.25, -0.2) is 4.39 Å². The number of piperazine rings is 1. The van der Waals surface area contributed by atoms with Crippen LogP contribution in [0.25, 0.3) is 10.9 Å². The van der Waals surface area contributed by atoms with Crippen LogP contribution < -0.4 is 10.6 Å². The molecule has 1 fully saturated rings. The third-order valence-electron chi connectivity index (χ3n) is 5.97. The highest BCUT2D eigenvalue weighted by Gasteiger charge is 2.38. The number of carbonyl (C=O) groups excluding carboxylic acids is 2. The van der Waals surface area contributed by atoms with E-state index in [1.165, 1.54) is 12.1 Å². The molecule has 6 nitrogen and oxygen atoms in total. The summed E-state index contributed by atoms with van der Waals surface area (Å²) in [5.74, 6) is -1.10. The smallest absolute Gasteiger partial charge is 0.243 e. The molecule has 31 heavy (non-hydrogen) atoms. The number of hydrogen-bond acceptors (Lipinski definition) is 3. The summed E-state index contributed by atoms with van der Waals surface area (Å²) in [6.07, 6.45) is 6.04. The van der Waals surface area contributed by atoms with Crippen molar-refractivity contribution in [1.29, 1.82) is 0 Å². The van der Waals surface area contributed by atoms with E-state index < -0.39 is 12.1 Å². The highest BCUT2D eigenvalue weighted by molar-refractivity contribution is 5.98. The molecule has 162 valence electrons.